The molecule has 0 aliphatic carbocycles. The van der Waals surface area contributed by atoms with Crippen LogP contribution in [0.25, 0.3) is 22.3 Å². The molecule has 0 aromatic carbocycles. The maximum absolute atomic E-state index is 12.6. The number of nitrogens with zero attached hydrogens (tertiary/aromatic N) is 3. The molecule has 4 aromatic rings. The van der Waals surface area contributed by atoms with E-state index in [0.717, 1.165) is 33.5 Å². The van der Waals surface area contributed by atoms with E-state index in [9.17, 15) is 4.79 Å². The SMILES string of the molecule is COc1nccc(-c2cc3cc(CC(=O)c4n[nH]c(C)c4C)cnc3[nH]2)c1Cl. The molecule has 0 atom stereocenters. The van der Waals surface area contributed by atoms with E-state index in [1.807, 2.05) is 32.0 Å². The second-order valence-electron chi connectivity index (χ2n) is 6.57. The molecule has 28 heavy (non-hydrogen) atoms. The number of hydrogen-bond donors (Lipinski definition) is 2. The number of rotatable bonds is 5. The molecule has 142 valence electrons. The van der Waals surface area contributed by atoms with Crippen LogP contribution in [0.15, 0.2) is 30.6 Å². The van der Waals surface area contributed by atoms with Crippen LogP contribution in [-0.2, 0) is 6.42 Å². The molecule has 0 saturated heterocycles. The van der Waals surface area contributed by atoms with Crippen LogP contribution in [0.2, 0.25) is 5.02 Å². The molecule has 0 fully saturated rings. The number of carbonyl (C=O) groups is 1. The van der Waals surface area contributed by atoms with Crippen molar-refractivity contribution in [1.82, 2.24) is 25.1 Å². The number of hydrogen-bond acceptors (Lipinski definition) is 5. The van der Waals surface area contributed by atoms with E-state index < -0.39 is 0 Å². The van der Waals surface area contributed by atoms with Gasteiger partial charge < -0.3 is 9.72 Å². The first kappa shape index (κ1) is 18.2. The first-order valence-corrected chi connectivity index (χ1v) is 9.07. The molecule has 0 aliphatic rings. The normalized spacial score (nSPS) is 11.1. The Bertz CT molecular complexity index is 1190. The van der Waals surface area contributed by atoms with Crippen LogP contribution < -0.4 is 4.74 Å². The number of aromatic amines is 2. The number of nitrogens with one attached hydrogen (secondary N) is 2. The summed E-state index contributed by atoms with van der Waals surface area (Å²) in [6.07, 6.45) is 3.57. The van der Waals surface area contributed by atoms with Gasteiger partial charge in [0, 0.05) is 46.7 Å². The third-order valence-corrected chi connectivity index (χ3v) is 5.11. The molecule has 0 unspecified atom stereocenters. The van der Waals surface area contributed by atoms with Crippen LogP contribution in [0.5, 0.6) is 5.88 Å². The Hall–Kier alpha value is -3.19. The van der Waals surface area contributed by atoms with Gasteiger partial charge >= 0.3 is 0 Å². The van der Waals surface area contributed by atoms with Gasteiger partial charge in [0.1, 0.15) is 16.4 Å². The topological polar surface area (TPSA) is 96.6 Å². The number of Topliss-reactive ketones (excluding diaryl/α,β-unsaturated/α-hetero) is 1. The molecule has 0 radical (unpaired) electrons. The first-order chi connectivity index (χ1) is 13.5. The molecule has 7 nitrogen and oxygen atoms in total. The lowest BCUT2D eigenvalue weighted by molar-refractivity contribution is 0.0987. The minimum absolute atomic E-state index is 0.0410. The van der Waals surface area contributed by atoms with Gasteiger partial charge in [-0.1, -0.05) is 11.6 Å². The lowest BCUT2D eigenvalue weighted by Crippen LogP contribution is -2.06. The fraction of sp³-hybridized carbons (Fsp3) is 0.200. The summed E-state index contributed by atoms with van der Waals surface area (Å²) < 4.78 is 5.18. The van der Waals surface area contributed by atoms with Crippen LogP contribution in [0.3, 0.4) is 0 Å². The molecule has 2 N–H and O–H groups in total. The fourth-order valence-corrected chi connectivity index (χ4v) is 3.39. The van der Waals surface area contributed by atoms with Crippen molar-refractivity contribution in [2.75, 3.05) is 7.11 Å². The van der Waals surface area contributed by atoms with Crippen molar-refractivity contribution >= 4 is 28.4 Å². The first-order valence-electron chi connectivity index (χ1n) is 8.69. The minimum atomic E-state index is -0.0410. The number of aryl methyl sites for hydroxylation is 1. The standard InChI is InChI=1S/C20H18ClN5O2/c1-10-11(2)25-26-18(10)16(27)7-12-6-13-8-15(24-19(13)23-9-12)14-4-5-22-20(28-3)17(14)21/h4-6,8-9H,7H2,1-3H3,(H,23,24)(H,25,26). The lowest BCUT2D eigenvalue weighted by Gasteiger charge is -2.05. The lowest BCUT2D eigenvalue weighted by atomic mass is 10.0. The Morgan fingerprint density at radius 2 is 2.07 bits per heavy atom. The predicted octanol–water partition coefficient (Wildman–Crippen LogP) is 4.05. The highest BCUT2D eigenvalue weighted by Crippen LogP contribution is 2.34. The van der Waals surface area contributed by atoms with Crippen molar-refractivity contribution in [2.45, 2.75) is 20.3 Å². The van der Waals surface area contributed by atoms with E-state index in [1.165, 1.54) is 7.11 Å². The molecule has 4 heterocycles. The molecule has 0 bridgehead atoms. The Balaban J connectivity index is 1.65. The van der Waals surface area contributed by atoms with Gasteiger partial charge in [-0.15, -0.1) is 0 Å². The van der Waals surface area contributed by atoms with Crippen molar-refractivity contribution in [1.29, 1.82) is 0 Å². The second-order valence-corrected chi connectivity index (χ2v) is 6.95. The fourth-order valence-electron chi connectivity index (χ4n) is 3.10. The summed E-state index contributed by atoms with van der Waals surface area (Å²) >= 11 is 6.37. The third-order valence-electron chi connectivity index (χ3n) is 4.75. The molecule has 0 saturated carbocycles. The van der Waals surface area contributed by atoms with Crippen molar-refractivity contribution in [3.05, 3.63) is 58.1 Å². The third kappa shape index (κ3) is 3.14. The number of H-pyrrole nitrogens is 2. The van der Waals surface area contributed by atoms with Gasteiger partial charge in [0.15, 0.2) is 5.78 Å². The molecule has 4 aromatic heterocycles. The van der Waals surface area contributed by atoms with E-state index in [0.29, 0.717) is 22.2 Å². The maximum atomic E-state index is 12.6. The second kappa shape index (κ2) is 7.09. The number of carbonyl (C=O) groups excluding carboxylic acids is 1. The summed E-state index contributed by atoms with van der Waals surface area (Å²) in [4.78, 5) is 24.4. The quantitative estimate of drug-likeness (QED) is 0.497. The van der Waals surface area contributed by atoms with Crippen molar-refractivity contribution in [3.8, 4) is 17.1 Å². The molecule has 0 aliphatic heterocycles. The highest BCUT2D eigenvalue weighted by atomic mass is 35.5. The summed E-state index contributed by atoms with van der Waals surface area (Å²) in [6.45, 7) is 3.78. The molecule has 8 heteroatoms. The molecule has 4 rings (SSSR count). The van der Waals surface area contributed by atoms with Crippen molar-refractivity contribution in [3.63, 3.8) is 0 Å². The van der Waals surface area contributed by atoms with Gasteiger partial charge in [0.2, 0.25) is 5.88 Å². The Morgan fingerprint density at radius 1 is 1.25 bits per heavy atom. The number of ether oxygens (including phenoxy) is 1. The zero-order valence-corrected chi connectivity index (χ0v) is 16.4. The zero-order valence-electron chi connectivity index (χ0n) is 15.6. The predicted molar refractivity (Wildman–Crippen MR) is 107 cm³/mol. The van der Waals surface area contributed by atoms with Gasteiger partial charge in [-0.2, -0.15) is 5.10 Å². The molecular formula is C20H18ClN5O2. The monoisotopic (exact) mass is 395 g/mol. The van der Waals surface area contributed by atoms with Crippen molar-refractivity contribution in [2.24, 2.45) is 0 Å². The average molecular weight is 396 g/mol. The zero-order chi connectivity index (χ0) is 19.8. The van der Waals surface area contributed by atoms with Crippen molar-refractivity contribution < 1.29 is 9.53 Å². The number of aromatic nitrogens is 5. The van der Waals surface area contributed by atoms with Gasteiger partial charge in [0.05, 0.1) is 7.11 Å². The maximum Gasteiger partial charge on any atom is 0.232 e. The summed E-state index contributed by atoms with van der Waals surface area (Å²) in [7, 11) is 1.52. The highest BCUT2D eigenvalue weighted by Gasteiger charge is 2.16. The van der Waals surface area contributed by atoms with Crippen LogP contribution in [-0.4, -0.2) is 38.0 Å². The number of pyridine rings is 2. The van der Waals surface area contributed by atoms with E-state index in [1.54, 1.807) is 12.4 Å². The average Bonchev–Trinajstić information content (AvgIpc) is 3.25. The van der Waals surface area contributed by atoms with Gasteiger partial charge in [-0.05, 0) is 37.6 Å². The molecule has 0 amide bonds. The Kier molecular flexibility index (Phi) is 4.60. The number of ketones is 1. The van der Waals surface area contributed by atoms with E-state index in [4.69, 9.17) is 16.3 Å². The Morgan fingerprint density at radius 3 is 2.79 bits per heavy atom. The van der Waals surface area contributed by atoms with Crippen LogP contribution in [0.4, 0.5) is 0 Å². The number of methoxy groups -OCH3 is 1. The summed E-state index contributed by atoms with van der Waals surface area (Å²) in [6, 6.07) is 5.70. The van der Waals surface area contributed by atoms with Gasteiger partial charge in [-0.3, -0.25) is 9.89 Å². The molecule has 0 spiro atoms. The van der Waals surface area contributed by atoms with Crippen LogP contribution >= 0.6 is 11.6 Å². The number of halogens is 1. The Labute approximate surface area is 166 Å². The number of fused-ring (bicyclic) bond motifs is 1. The van der Waals surface area contributed by atoms with E-state index >= 15 is 0 Å². The van der Waals surface area contributed by atoms with Gasteiger partial charge in [0.25, 0.3) is 0 Å². The highest BCUT2D eigenvalue weighted by molar-refractivity contribution is 6.34. The summed E-state index contributed by atoms with van der Waals surface area (Å²) in [5, 5.41) is 8.28. The van der Waals surface area contributed by atoms with Crippen LogP contribution in [0.1, 0.15) is 27.3 Å². The molecular weight excluding hydrogens is 378 g/mol. The smallest absolute Gasteiger partial charge is 0.232 e. The summed E-state index contributed by atoms with van der Waals surface area (Å²) in [5.41, 5.74) is 5.36. The minimum Gasteiger partial charge on any atom is -0.480 e. The van der Waals surface area contributed by atoms with Crippen LogP contribution in [0, 0.1) is 13.8 Å². The van der Waals surface area contributed by atoms with E-state index in [-0.39, 0.29) is 12.2 Å². The summed E-state index contributed by atoms with van der Waals surface area (Å²) in [5.74, 6) is 0.322. The largest absolute Gasteiger partial charge is 0.480 e. The van der Waals surface area contributed by atoms with Gasteiger partial charge in [-0.25, -0.2) is 9.97 Å². The van der Waals surface area contributed by atoms with E-state index in [2.05, 4.69) is 25.1 Å².